The van der Waals surface area contributed by atoms with E-state index in [9.17, 15) is 23.2 Å². The number of esters is 1. The minimum atomic E-state index is -1.10. The monoisotopic (exact) mass is 375 g/mol. The van der Waals surface area contributed by atoms with Gasteiger partial charge in [0.05, 0.1) is 6.42 Å². The lowest BCUT2D eigenvalue weighted by atomic mass is 10.0. The van der Waals surface area contributed by atoms with E-state index in [1.54, 1.807) is 12.1 Å². The second-order valence-electron chi connectivity index (χ2n) is 6.06. The van der Waals surface area contributed by atoms with Crippen molar-refractivity contribution < 1.29 is 27.9 Å². The molecule has 0 fully saturated rings. The minimum Gasteiger partial charge on any atom is -0.456 e. The van der Waals surface area contributed by atoms with Crippen LogP contribution in [0.3, 0.4) is 0 Å². The second kappa shape index (κ2) is 9.02. The minimum absolute atomic E-state index is 0.0356. The van der Waals surface area contributed by atoms with E-state index in [1.807, 2.05) is 19.9 Å². The molecule has 7 heteroatoms. The Hall–Kier alpha value is -3.09. The highest BCUT2D eigenvalue weighted by molar-refractivity contribution is 5.98. The lowest BCUT2D eigenvalue weighted by Crippen LogP contribution is -2.21. The van der Waals surface area contributed by atoms with Crippen molar-refractivity contribution in [1.29, 1.82) is 0 Å². The molecule has 0 heterocycles. The van der Waals surface area contributed by atoms with Gasteiger partial charge in [0.25, 0.3) is 5.91 Å². The molecule has 0 unspecified atom stereocenters. The molecule has 0 aliphatic heterocycles. The molecule has 2 aromatic rings. The molecular formula is C20H19F2NO4. The van der Waals surface area contributed by atoms with Gasteiger partial charge in [-0.25, -0.2) is 8.78 Å². The van der Waals surface area contributed by atoms with E-state index in [0.717, 1.165) is 23.3 Å². The molecule has 0 aromatic heterocycles. The van der Waals surface area contributed by atoms with Gasteiger partial charge in [-0.2, -0.15) is 0 Å². The van der Waals surface area contributed by atoms with Crippen LogP contribution in [0.5, 0.6) is 0 Å². The number of benzene rings is 2. The van der Waals surface area contributed by atoms with Gasteiger partial charge in [-0.15, -0.1) is 0 Å². The van der Waals surface area contributed by atoms with Gasteiger partial charge in [0.15, 0.2) is 24.0 Å². The molecule has 0 aliphatic rings. The van der Waals surface area contributed by atoms with Gasteiger partial charge in [-0.05, 0) is 43.2 Å². The third-order valence-corrected chi connectivity index (χ3v) is 3.95. The van der Waals surface area contributed by atoms with E-state index < -0.39 is 30.1 Å². The molecule has 0 spiro atoms. The molecule has 27 heavy (non-hydrogen) atoms. The summed E-state index contributed by atoms with van der Waals surface area (Å²) in [7, 11) is 0. The van der Waals surface area contributed by atoms with E-state index in [4.69, 9.17) is 4.74 Å². The maximum atomic E-state index is 13.1. The summed E-state index contributed by atoms with van der Waals surface area (Å²) >= 11 is 0. The maximum Gasteiger partial charge on any atom is 0.306 e. The third kappa shape index (κ3) is 5.99. The van der Waals surface area contributed by atoms with Crippen LogP contribution >= 0.6 is 0 Å². The van der Waals surface area contributed by atoms with Crippen LogP contribution in [0.4, 0.5) is 14.5 Å². The smallest absolute Gasteiger partial charge is 0.306 e. The zero-order chi connectivity index (χ0) is 20.0. The Morgan fingerprint density at radius 3 is 2.33 bits per heavy atom. The zero-order valence-corrected chi connectivity index (χ0v) is 15.0. The summed E-state index contributed by atoms with van der Waals surface area (Å²) in [5.41, 5.74) is 2.61. The molecule has 1 amide bonds. The second-order valence-corrected chi connectivity index (χ2v) is 6.06. The number of ether oxygens (including phenoxy) is 1. The molecular weight excluding hydrogens is 356 g/mol. The highest BCUT2D eigenvalue weighted by Crippen LogP contribution is 2.14. The number of amides is 1. The summed E-state index contributed by atoms with van der Waals surface area (Å²) in [5, 5.41) is 2.28. The Balaban J connectivity index is 1.76. The van der Waals surface area contributed by atoms with Crippen LogP contribution in [-0.2, 0) is 14.3 Å². The van der Waals surface area contributed by atoms with Crippen molar-refractivity contribution >= 4 is 23.3 Å². The van der Waals surface area contributed by atoms with Gasteiger partial charge in [0, 0.05) is 23.7 Å². The number of hydrogen-bond donors (Lipinski definition) is 1. The standard InChI is InChI=1S/C20H19F2NO4/c1-12-3-4-14(9-13(12)2)18(24)7-8-20(26)27-11-19(25)23-15-5-6-16(21)17(22)10-15/h3-6,9-10H,7-8,11H2,1-2H3,(H,23,25). The van der Waals surface area contributed by atoms with Gasteiger partial charge in [-0.3, -0.25) is 14.4 Å². The Labute approximate surface area is 155 Å². The van der Waals surface area contributed by atoms with Gasteiger partial charge < -0.3 is 10.1 Å². The van der Waals surface area contributed by atoms with Crippen molar-refractivity contribution in [2.75, 3.05) is 11.9 Å². The fourth-order valence-corrected chi connectivity index (χ4v) is 2.26. The number of Topliss-reactive ketones (excluding diaryl/α,β-unsaturated/α-hetero) is 1. The van der Waals surface area contributed by atoms with Crippen molar-refractivity contribution in [3.63, 3.8) is 0 Å². The van der Waals surface area contributed by atoms with Crippen LogP contribution in [0.2, 0.25) is 0 Å². The number of anilines is 1. The molecule has 0 atom stereocenters. The Kier molecular flexibility index (Phi) is 6.76. The molecule has 142 valence electrons. The van der Waals surface area contributed by atoms with Gasteiger partial charge >= 0.3 is 5.97 Å². The van der Waals surface area contributed by atoms with Crippen molar-refractivity contribution in [3.8, 4) is 0 Å². The molecule has 2 rings (SSSR count). The lowest BCUT2D eigenvalue weighted by Gasteiger charge is -2.07. The quantitative estimate of drug-likeness (QED) is 0.591. The molecule has 5 nitrogen and oxygen atoms in total. The average molecular weight is 375 g/mol. The number of carbonyl (C=O) groups excluding carboxylic acids is 3. The Bertz CT molecular complexity index is 880. The molecule has 0 aliphatic carbocycles. The molecule has 0 bridgehead atoms. The SMILES string of the molecule is Cc1ccc(C(=O)CCC(=O)OCC(=O)Nc2ccc(F)c(F)c2)cc1C. The first-order valence-corrected chi connectivity index (χ1v) is 8.27. The van der Waals surface area contributed by atoms with Crippen molar-refractivity contribution in [2.45, 2.75) is 26.7 Å². The number of nitrogens with one attached hydrogen (secondary N) is 1. The molecule has 0 radical (unpaired) electrons. The highest BCUT2D eigenvalue weighted by Gasteiger charge is 2.13. The molecule has 0 saturated carbocycles. The first-order chi connectivity index (χ1) is 12.8. The fourth-order valence-electron chi connectivity index (χ4n) is 2.26. The topological polar surface area (TPSA) is 72.5 Å². The summed E-state index contributed by atoms with van der Waals surface area (Å²) in [4.78, 5) is 35.5. The first kappa shape index (κ1) is 20.2. The molecule has 2 aromatic carbocycles. The van der Waals surface area contributed by atoms with Crippen LogP contribution in [0.1, 0.15) is 34.3 Å². The Morgan fingerprint density at radius 2 is 1.67 bits per heavy atom. The van der Waals surface area contributed by atoms with E-state index >= 15 is 0 Å². The van der Waals surface area contributed by atoms with Crippen LogP contribution < -0.4 is 5.32 Å². The number of halogens is 2. The lowest BCUT2D eigenvalue weighted by molar-refractivity contribution is -0.147. The number of rotatable bonds is 7. The van der Waals surface area contributed by atoms with Crippen LogP contribution in [-0.4, -0.2) is 24.3 Å². The molecule has 1 N–H and O–H groups in total. The summed E-state index contributed by atoms with van der Waals surface area (Å²) in [6, 6.07) is 8.17. The Morgan fingerprint density at radius 1 is 0.926 bits per heavy atom. The predicted octanol–water partition coefficient (Wildman–Crippen LogP) is 3.73. The van der Waals surface area contributed by atoms with Crippen LogP contribution in [0.25, 0.3) is 0 Å². The van der Waals surface area contributed by atoms with Crippen molar-refractivity contribution in [3.05, 3.63) is 64.7 Å². The maximum absolute atomic E-state index is 13.1. The van der Waals surface area contributed by atoms with Gasteiger partial charge in [0.1, 0.15) is 0 Å². The summed E-state index contributed by atoms with van der Waals surface area (Å²) < 4.78 is 30.7. The van der Waals surface area contributed by atoms with E-state index in [1.165, 1.54) is 6.07 Å². The van der Waals surface area contributed by atoms with E-state index in [0.29, 0.717) is 5.56 Å². The highest BCUT2D eigenvalue weighted by atomic mass is 19.2. The van der Waals surface area contributed by atoms with E-state index in [2.05, 4.69) is 5.32 Å². The number of aryl methyl sites for hydroxylation is 2. The number of hydrogen-bond acceptors (Lipinski definition) is 4. The number of ketones is 1. The fraction of sp³-hybridized carbons (Fsp3) is 0.250. The third-order valence-electron chi connectivity index (χ3n) is 3.95. The largest absolute Gasteiger partial charge is 0.456 e. The predicted molar refractivity (Wildman–Crippen MR) is 95.4 cm³/mol. The molecule has 0 saturated heterocycles. The normalized spacial score (nSPS) is 10.4. The van der Waals surface area contributed by atoms with Crippen molar-refractivity contribution in [1.82, 2.24) is 0 Å². The zero-order valence-electron chi connectivity index (χ0n) is 15.0. The van der Waals surface area contributed by atoms with Gasteiger partial charge in [0.2, 0.25) is 0 Å². The number of carbonyl (C=O) groups is 3. The van der Waals surface area contributed by atoms with Crippen LogP contribution in [0.15, 0.2) is 36.4 Å². The summed E-state index contributed by atoms with van der Waals surface area (Å²) in [6.07, 6.45) is -0.198. The summed E-state index contributed by atoms with van der Waals surface area (Å²) in [5.74, 6) is -3.73. The van der Waals surface area contributed by atoms with Crippen LogP contribution in [0, 0.1) is 25.5 Å². The first-order valence-electron chi connectivity index (χ1n) is 8.27. The summed E-state index contributed by atoms with van der Waals surface area (Å²) in [6.45, 7) is 3.24. The average Bonchev–Trinajstić information content (AvgIpc) is 2.63. The van der Waals surface area contributed by atoms with Gasteiger partial charge in [-0.1, -0.05) is 12.1 Å². The van der Waals surface area contributed by atoms with Crippen molar-refractivity contribution in [2.24, 2.45) is 0 Å². The van der Waals surface area contributed by atoms with E-state index in [-0.39, 0.29) is 24.3 Å².